The first-order valence-electron chi connectivity index (χ1n) is 33.2. The maximum Gasteiger partial charge on any atom is 0.357 e. The summed E-state index contributed by atoms with van der Waals surface area (Å²) >= 11 is -0.0416. The van der Waals surface area contributed by atoms with Crippen LogP contribution in [0.15, 0.2) is 181 Å². The van der Waals surface area contributed by atoms with E-state index >= 15 is 0 Å². The van der Waals surface area contributed by atoms with Crippen molar-refractivity contribution in [2.45, 2.75) is 135 Å². The lowest BCUT2D eigenvalue weighted by atomic mass is 9.87. The minimum Gasteiger partial charge on any atom is -0.497 e. The number of hydrogen-bond donors (Lipinski definition) is 0. The first kappa shape index (κ1) is 77.0. The minimum atomic E-state index is -0.0703. The Morgan fingerprint density at radius 3 is 1.10 bits per heavy atom. The third-order valence-corrected chi connectivity index (χ3v) is 29.8. The normalized spacial score (nSPS) is 16.3. The van der Waals surface area contributed by atoms with Gasteiger partial charge in [-0.15, -0.1) is 0 Å². The van der Waals surface area contributed by atoms with Gasteiger partial charge in [0.2, 0.25) is 11.6 Å². The fraction of sp³-hybridized carbons (Fsp3) is 0.457. The van der Waals surface area contributed by atoms with Gasteiger partial charge in [-0.2, -0.15) is 0 Å². The average molecular weight is 1560 g/mol. The van der Waals surface area contributed by atoms with E-state index in [9.17, 15) is 9.59 Å². The highest BCUT2D eigenvalue weighted by atomic mass is 127. The van der Waals surface area contributed by atoms with Crippen LogP contribution in [-0.4, -0.2) is 117 Å². The molecule has 4 aliphatic heterocycles. The van der Waals surface area contributed by atoms with E-state index in [1.54, 1.807) is 7.11 Å². The van der Waals surface area contributed by atoms with Gasteiger partial charge < -0.3 is 28.4 Å². The van der Waals surface area contributed by atoms with Crippen LogP contribution in [0.1, 0.15) is 141 Å². The number of Topliss-reactive ketones (excluding diaryl/α,β-unsaturated/α-hetero) is 2. The van der Waals surface area contributed by atoms with Gasteiger partial charge in [0.15, 0.2) is 41.2 Å². The number of carbonyl (C=O) groups excluding carboxylic acids is 2. The highest BCUT2D eigenvalue weighted by Gasteiger charge is 2.48. The Kier molecular flexibility index (Phi) is 29.9. The van der Waals surface area contributed by atoms with Crippen LogP contribution in [0.5, 0.6) is 17.2 Å². The van der Waals surface area contributed by atoms with E-state index in [0.717, 1.165) is 85.3 Å². The van der Waals surface area contributed by atoms with Crippen LogP contribution in [0.3, 0.4) is 0 Å². The second-order valence-electron chi connectivity index (χ2n) is 29.0. The Hall–Kier alpha value is -4.33. The molecular formula is C81H107I2O8S3+5. The summed E-state index contributed by atoms with van der Waals surface area (Å²) in [7, 11) is 2.24. The molecule has 0 saturated carbocycles. The van der Waals surface area contributed by atoms with Gasteiger partial charge in [0.05, 0.1) is 46.8 Å². The summed E-state index contributed by atoms with van der Waals surface area (Å²) in [5.74, 6) is 9.06. The van der Waals surface area contributed by atoms with E-state index in [2.05, 4.69) is 237 Å². The Labute approximate surface area is 595 Å². The van der Waals surface area contributed by atoms with Crippen molar-refractivity contribution in [3.63, 3.8) is 0 Å². The summed E-state index contributed by atoms with van der Waals surface area (Å²) in [5, 5.41) is 0.0868. The van der Waals surface area contributed by atoms with Gasteiger partial charge in [0.1, 0.15) is 53.5 Å². The first-order valence-corrected chi connectivity index (χ1v) is 42.3. The van der Waals surface area contributed by atoms with Crippen molar-refractivity contribution in [3.8, 4) is 17.2 Å². The summed E-state index contributed by atoms with van der Waals surface area (Å²) in [5.41, 5.74) is 6.42. The molecule has 94 heavy (non-hydrogen) atoms. The molecule has 4 heterocycles. The van der Waals surface area contributed by atoms with Crippen LogP contribution in [0.2, 0.25) is 0 Å². The number of rotatable bonds is 12. The smallest absolute Gasteiger partial charge is 0.357 e. The average Bonchev–Trinajstić information content (AvgIpc) is 0.844. The molecule has 0 radical (unpaired) electrons. The lowest BCUT2D eigenvalue weighted by Crippen LogP contribution is -3.61. The van der Waals surface area contributed by atoms with Crippen molar-refractivity contribution in [2.24, 2.45) is 10.8 Å². The van der Waals surface area contributed by atoms with Crippen molar-refractivity contribution < 1.29 is 80.4 Å². The minimum absolute atomic E-state index is 0.0222. The first-order chi connectivity index (χ1) is 44.6. The Morgan fingerprint density at radius 2 is 0.723 bits per heavy atom. The van der Waals surface area contributed by atoms with Gasteiger partial charge in [-0.1, -0.05) is 177 Å². The highest BCUT2D eigenvalue weighted by molar-refractivity contribution is 7.98. The predicted octanol–water partition coefficient (Wildman–Crippen LogP) is 10.9. The van der Waals surface area contributed by atoms with E-state index in [1.807, 2.05) is 42.5 Å². The van der Waals surface area contributed by atoms with E-state index < -0.39 is 0 Å². The van der Waals surface area contributed by atoms with Crippen molar-refractivity contribution in [3.05, 3.63) is 218 Å². The molecule has 3 fully saturated rings. The maximum atomic E-state index is 13.2. The van der Waals surface area contributed by atoms with Crippen LogP contribution < -0.4 is 56.6 Å². The molecule has 0 spiro atoms. The number of carbonyl (C=O) groups is 2. The Balaban J connectivity index is 0.000000168. The highest BCUT2D eigenvalue weighted by Crippen LogP contribution is 2.37. The summed E-state index contributed by atoms with van der Waals surface area (Å²) in [6, 6.07) is 62.1. The molecule has 0 N–H and O–H groups in total. The van der Waals surface area contributed by atoms with Crippen molar-refractivity contribution in [1.82, 2.24) is 0 Å². The zero-order valence-corrected chi connectivity index (χ0v) is 65.8. The second-order valence-corrected chi connectivity index (χ2v) is 42.1. The van der Waals surface area contributed by atoms with Gasteiger partial charge in [0.25, 0.3) is 0 Å². The molecule has 2 unspecified atom stereocenters. The van der Waals surface area contributed by atoms with E-state index in [-0.39, 0.29) is 113 Å². The zero-order valence-electron chi connectivity index (χ0n) is 59.0. The number of benzene rings is 7. The molecule has 4 aliphatic rings. The molecule has 0 aliphatic carbocycles. The molecular weight excluding hydrogens is 1450 g/mol. The molecule has 11 rings (SSSR count). The van der Waals surface area contributed by atoms with Gasteiger partial charge >= 0.3 is 42.4 Å². The molecule has 506 valence electrons. The van der Waals surface area contributed by atoms with Crippen molar-refractivity contribution in [1.29, 1.82) is 0 Å². The van der Waals surface area contributed by atoms with Crippen LogP contribution in [0.25, 0.3) is 0 Å². The summed E-state index contributed by atoms with van der Waals surface area (Å²) in [6.07, 6.45) is 0. The molecule has 0 amide bonds. The third-order valence-electron chi connectivity index (χ3n) is 16.2. The van der Waals surface area contributed by atoms with Crippen LogP contribution in [-0.2, 0) is 63.1 Å². The Morgan fingerprint density at radius 1 is 0.383 bits per heavy atom. The van der Waals surface area contributed by atoms with E-state index in [4.69, 9.17) is 28.4 Å². The topological polar surface area (TPSA) is 89.5 Å². The second kappa shape index (κ2) is 36.5. The fourth-order valence-electron chi connectivity index (χ4n) is 11.0. The van der Waals surface area contributed by atoms with Crippen LogP contribution >= 0.6 is 0 Å². The van der Waals surface area contributed by atoms with Crippen LogP contribution in [0.4, 0.5) is 0 Å². The number of hydrogen-bond acceptors (Lipinski definition) is 8. The molecule has 7 aromatic carbocycles. The molecule has 0 aromatic heterocycles. The number of fused-ring (bicyclic) bond motifs is 1. The lowest BCUT2D eigenvalue weighted by molar-refractivity contribution is -0.597. The maximum absolute atomic E-state index is 13.2. The SMILES string of the molecule is CC(C)(C)C(C(=O)c1ccc2c(c1)OCCO2)[S+]1CCOCC1.CC(C)(C)c1ccc([I+]c2ccc(C(C)(C)C)cc2)cc1.CC(C)(C)c1ccc([S+]2CCOCC2)cc1.COc1ccc(C(=O)C([S+]2CCOCC2)C(C)(C)C)cc1.c1ccc([I+]c2ccccc2)cc1. The quantitative estimate of drug-likeness (QED) is 0.0679. The zero-order chi connectivity index (χ0) is 68.1. The fourth-order valence-corrected chi connectivity index (χ4v) is 22.8. The van der Waals surface area contributed by atoms with Crippen molar-refractivity contribution >= 4 is 44.3 Å². The number of halogens is 2. The number of ketones is 2. The van der Waals surface area contributed by atoms with Crippen LogP contribution in [0, 0.1) is 25.1 Å². The van der Waals surface area contributed by atoms with Gasteiger partial charge in [0, 0.05) is 54.6 Å². The van der Waals surface area contributed by atoms with E-state index in [1.165, 1.54) is 47.4 Å². The number of ether oxygens (including phenoxy) is 6. The lowest BCUT2D eigenvalue weighted by Gasteiger charge is -2.31. The Bertz CT molecular complexity index is 3270. The van der Waals surface area contributed by atoms with E-state index in [0.29, 0.717) is 29.9 Å². The monoisotopic (exact) mass is 1560 g/mol. The molecule has 3 saturated heterocycles. The number of methoxy groups -OCH3 is 1. The van der Waals surface area contributed by atoms with Gasteiger partial charge in [-0.05, 0) is 136 Å². The summed E-state index contributed by atoms with van der Waals surface area (Å²) in [6.45, 7) is 39.5. The third kappa shape index (κ3) is 24.6. The summed E-state index contributed by atoms with van der Waals surface area (Å²) < 4.78 is 38.6. The molecule has 8 nitrogen and oxygen atoms in total. The molecule has 13 heteroatoms. The standard InChI is InChI=1S/C20H26I.C18H25O4S.C17H25O3S.C14H21OS.C12H10I/c1-19(2,3)15-7-11-17(12-8-15)21-18-13-9-16(10-14-18)20(4,5)6;1-18(2,3)17(23-10-8-20-9-11-23)16(19)13-4-5-14-15(12-13)22-7-6-21-14;1-17(2,3)16(21-11-9-20-10-12-21)15(18)13-5-7-14(19-4)8-6-13;1-14(2,3)12-4-6-13(7-5-12)16-10-8-15-9-11-16;1-3-7-11(8-4-1)13-12-9-5-2-6-10-12/h7-14H,1-6H3;4-5,12,17H,6-11H2,1-3H3;5-8,16H,9-12H2,1-4H3;4-7H,8-11H2,1-3H3;1-10H/q5*+1. The van der Waals surface area contributed by atoms with Crippen molar-refractivity contribution in [2.75, 3.05) is 94.5 Å². The molecule has 7 aromatic rings. The molecule has 0 bridgehead atoms. The van der Waals surface area contributed by atoms with Gasteiger partial charge in [-0.25, -0.2) is 0 Å². The van der Waals surface area contributed by atoms with Gasteiger partial charge in [-0.3, -0.25) is 9.59 Å². The largest absolute Gasteiger partial charge is 0.497 e. The molecule has 2 atom stereocenters. The summed E-state index contributed by atoms with van der Waals surface area (Å²) in [4.78, 5) is 27.8. The predicted molar refractivity (Wildman–Crippen MR) is 391 cm³/mol.